The molecule has 1 atom stereocenters. The molecule has 26 heavy (non-hydrogen) atoms. The van der Waals surface area contributed by atoms with Gasteiger partial charge in [-0.1, -0.05) is 18.2 Å². The topological polar surface area (TPSA) is 119 Å². The molecule has 0 aliphatic carbocycles. The van der Waals surface area contributed by atoms with Crippen LogP contribution in [0.2, 0.25) is 0 Å². The molecule has 0 radical (unpaired) electrons. The lowest BCUT2D eigenvalue weighted by atomic mass is 10.1. The van der Waals surface area contributed by atoms with Gasteiger partial charge >= 0.3 is 5.97 Å². The molecule has 1 aromatic rings. The number of carbonyl (C=O) groups is 3. The molecule has 1 aromatic carbocycles. The second-order valence-electron chi connectivity index (χ2n) is 6.14. The molecule has 0 bridgehead atoms. The van der Waals surface area contributed by atoms with Gasteiger partial charge in [-0.2, -0.15) is 0 Å². The normalized spacial score (nSPS) is 12.3. The molecule has 0 heterocycles. The van der Waals surface area contributed by atoms with Crippen LogP contribution in [0.25, 0.3) is 0 Å². The number of esters is 1. The summed E-state index contributed by atoms with van der Waals surface area (Å²) in [7, 11) is -3.34. The van der Waals surface area contributed by atoms with E-state index in [4.69, 9.17) is 4.74 Å². The van der Waals surface area contributed by atoms with E-state index in [9.17, 15) is 22.8 Å². The number of amides is 2. The average molecular weight is 384 g/mol. The fourth-order valence-electron chi connectivity index (χ4n) is 2.01. The van der Waals surface area contributed by atoms with Crippen LogP contribution in [-0.4, -0.2) is 56.9 Å². The Morgan fingerprint density at radius 2 is 1.69 bits per heavy atom. The highest BCUT2D eigenvalue weighted by Crippen LogP contribution is 2.04. The number of rotatable bonds is 9. The molecule has 0 spiro atoms. The smallest absolute Gasteiger partial charge is 0.329 e. The zero-order valence-corrected chi connectivity index (χ0v) is 15.8. The molecule has 0 saturated heterocycles. The monoisotopic (exact) mass is 384 g/mol. The van der Waals surface area contributed by atoms with Gasteiger partial charge in [-0.3, -0.25) is 9.59 Å². The Morgan fingerprint density at radius 1 is 1.08 bits per heavy atom. The number of hydrogen-bond donors (Lipinski definition) is 2. The Bertz CT molecular complexity index is 731. The molecular formula is C17H24N2O6S. The van der Waals surface area contributed by atoms with E-state index >= 15 is 0 Å². The third-order valence-corrected chi connectivity index (χ3v) is 4.18. The summed E-state index contributed by atoms with van der Waals surface area (Å²) in [5, 5.41) is 5.02. The molecule has 0 fully saturated rings. The highest BCUT2D eigenvalue weighted by Gasteiger charge is 2.25. The van der Waals surface area contributed by atoms with E-state index in [1.165, 1.54) is 0 Å². The molecule has 0 saturated carbocycles. The van der Waals surface area contributed by atoms with Gasteiger partial charge in [0.2, 0.25) is 0 Å². The van der Waals surface area contributed by atoms with Gasteiger partial charge in [0, 0.05) is 17.9 Å². The first-order valence-electron chi connectivity index (χ1n) is 8.08. The Kier molecular flexibility index (Phi) is 8.24. The predicted molar refractivity (Wildman–Crippen MR) is 96.3 cm³/mol. The van der Waals surface area contributed by atoms with Gasteiger partial charge in [0.25, 0.3) is 11.8 Å². The third kappa shape index (κ3) is 8.61. The van der Waals surface area contributed by atoms with Crippen molar-refractivity contribution in [3.05, 3.63) is 35.9 Å². The number of benzene rings is 1. The van der Waals surface area contributed by atoms with Crippen molar-refractivity contribution in [3.8, 4) is 0 Å². The highest BCUT2D eigenvalue weighted by atomic mass is 32.2. The summed E-state index contributed by atoms with van der Waals surface area (Å²) in [6.07, 6.45) is 0.881. The van der Waals surface area contributed by atoms with Crippen molar-refractivity contribution in [3.63, 3.8) is 0 Å². The maximum atomic E-state index is 12.2. The molecule has 0 aromatic heterocycles. The van der Waals surface area contributed by atoms with Crippen LogP contribution in [-0.2, 0) is 24.2 Å². The van der Waals surface area contributed by atoms with Crippen molar-refractivity contribution in [2.24, 2.45) is 0 Å². The Balaban J connectivity index is 2.75. The summed E-state index contributed by atoms with van der Waals surface area (Å²) >= 11 is 0. The van der Waals surface area contributed by atoms with Gasteiger partial charge in [-0.05, 0) is 32.4 Å². The minimum Gasteiger partial charge on any atom is -0.454 e. The molecule has 0 aliphatic rings. The molecule has 9 heteroatoms. The number of sulfone groups is 1. The molecule has 8 nitrogen and oxygen atoms in total. The van der Waals surface area contributed by atoms with Gasteiger partial charge in [0.15, 0.2) is 6.61 Å². The van der Waals surface area contributed by atoms with E-state index in [0.717, 1.165) is 6.26 Å². The highest BCUT2D eigenvalue weighted by molar-refractivity contribution is 7.90. The van der Waals surface area contributed by atoms with Crippen LogP contribution in [0, 0.1) is 0 Å². The molecule has 2 amide bonds. The zero-order chi connectivity index (χ0) is 19.7. The van der Waals surface area contributed by atoms with Crippen molar-refractivity contribution in [2.45, 2.75) is 32.4 Å². The third-order valence-electron chi connectivity index (χ3n) is 3.20. The number of hydrogen-bond acceptors (Lipinski definition) is 6. The molecule has 1 rings (SSSR count). The minimum absolute atomic E-state index is 0.111. The summed E-state index contributed by atoms with van der Waals surface area (Å²) in [6, 6.07) is 6.89. The minimum atomic E-state index is -3.34. The molecular weight excluding hydrogens is 360 g/mol. The number of ether oxygens (including phenoxy) is 1. The SMILES string of the molecule is CC(C)NC(=O)COC(=O)[C@H](CCS(C)(=O)=O)NC(=O)c1ccccc1. The second kappa shape index (κ2) is 9.91. The number of nitrogens with one attached hydrogen (secondary N) is 2. The van der Waals surface area contributed by atoms with Crippen LogP contribution in [0.4, 0.5) is 0 Å². The first-order valence-corrected chi connectivity index (χ1v) is 10.1. The van der Waals surface area contributed by atoms with Crippen molar-refractivity contribution < 1.29 is 27.5 Å². The van der Waals surface area contributed by atoms with Crippen LogP contribution < -0.4 is 10.6 Å². The maximum absolute atomic E-state index is 12.2. The average Bonchev–Trinajstić information content (AvgIpc) is 2.55. The van der Waals surface area contributed by atoms with Crippen molar-refractivity contribution in [1.29, 1.82) is 0 Å². The van der Waals surface area contributed by atoms with Gasteiger partial charge in [0.1, 0.15) is 15.9 Å². The summed E-state index contributed by atoms with van der Waals surface area (Å²) < 4.78 is 27.7. The van der Waals surface area contributed by atoms with Gasteiger partial charge in [0.05, 0.1) is 5.75 Å². The van der Waals surface area contributed by atoms with E-state index in [0.29, 0.717) is 5.56 Å². The molecule has 2 N–H and O–H groups in total. The Morgan fingerprint density at radius 3 is 2.23 bits per heavy atom. The standard InChI is InChI=1S/C17H24N2O6S/c1-12(2)18-15(20)11-25-17(22)14(9-10-26(3,23)24)19-16(21)13-7-5-4-6-8-13/h4-8,12,14H,9-11H2,1-3H3,(H,18,20)(H,19,21)/t14-/m0/s1. The summed E-state index contributed by atoms with van der Waals surface area (Å²) in [4.78, 5) is 36.0. The largest absolute Gasteiger partial charge is 0.454 e. The lowest BCUT2D eigenvalue weighted by Gasteiger charge is -2.17. The van der Waals surface area contributed by atoms with Gasteiger partial charge in [-0.25, -0.2) is 13.2 Å². The van der Waals surface area contributed by atoms with Crippen LogP contribution in [0.15, 0.2) is 30.3 Å². The fourth-order valence-corrected chi connectivity index (χ4v) is 2.68. The van der Waals surface area contributed by atoms with Crippen molar-refractivity contribution >= 4 is 27.6 Å². The van der Waals surface area contributed by atoms with E-state index in [-0.39, 0.29) is 18.2 Å². The van der Waals surface area contributed by atoms with Gasteiger partial charge in [-0.15, -0.1) is 0 Å². The predicted octanol–water partition coefficient (Wildman–Crippen LogP) is 0.288. The van der Waals surface area contributed by atoms with E-state index in [2.05, 4.69) is 10.6 Å². The number of carbonyl (C=O) groups excluding carboxylic acids is 3. The Hall–Kier alpha value is -2.42. The fraction of sp³-hybridized carbons (Fsp3) is 0.471. The summed E-state index contributed by atoms with van der Waals surface area (Å²) in [5.41, 5.74) is 0.321. The van der Waals surface area contributed by atoms with Crippen LogP contribution in [0.1, 0.15) is 30.6 Å². The summed E-state index contributed by atoms with van der Waals surface area (Å²) in [6.45, 7) is 3.01. The van der Waals surface area contributed by atoms with Gasteiger partial charge < -0.3 is 15.4 Å². The first kappa shape index (κ1) is 21.6. The maximum Gasteiger partial charge on any atom is 0.329 e. The molecule has 0 unspecified atom stereocenters. The van der Waals surface area contributed by atoms with Crippen LogP contribution in [0.3, 0.4) is 0 Å². The molecule has 144 valence electrons. The van der Waals surface area contributed by atoms with E-state index < -0.39 is 40.3 Å². The van der Waals surface area contributed by atoms with Crippen molar-refractivity contribution in [1.82, 2.24) is 10.6 Å². The van der Waals surface area contributed by atoms with E-state index in [1.54, 1.807) is 44.2 Å². The lowest BCUT2D eigenvalue weighted by Crippen LogP contribution is -2.44. The first-order chi connectivity index (χ1) is 12.1. The van der Waals surface area contributed by atoms with E-state index in [1.807, 2.05) is 0 Å². The second-order valence-corrected chi connectivity index (χ2v) is 8.40. The zero-order valence-electron chi connectivity index (χ0n) is 15.0. The lowest BCUT2D eigenvalue weighted by molar-refractivity contribution is -0.150. The quantitative estimate of drug-likeness (QED) is 0.591. The van der Waals surface area contributed by atoms with Crippen LogP contribution >= 0.6 is 0 Å². The van der Waals surface area contributed by atoms with Crippen molar-refractivity contribution in [2.75, 3.05) is 18.6 Å². The van der Waals surface area contributed by atoms with Crippen LogP contribution in [0.5, 0.6) is 0 Å². The Labute approximate surface area is 153 Å². The summed E-state index contributed by atoms with van der Waals surface area (Å²) in [5.74, 6) is -2.19. The molecule has 0 aliphatic heterocycles.